The minimum Gasteiger partial charge on any atom is -0.481 e. The first-order valence-corrected chi connectivity index (χ1v) is 8.68. The van der Waals surface area contributed by atoms with Crippen LogP contribution in [0.25, 0.3) is 0 Å². The topological polar surface area (TPSA) is 71.4 Å². The van der Waals surface area contributed by atoms with E-state index in [2.05, 4.69) is 0 Å². The van der Waals surface area contributed by atoms with Crippen LogP contribution in [-0.2, 0) is 14.6 Å². The van der Waals surface area contributed by atoms with E-state index in [4.69, 9.17) is 0 Å². The van der Waals surface area contributed by atoms with Gasteiger partial charge in [-0.1, -0.05) is 32.6 Å². The lowest BCUT2D eigenvalue weighted by molar-refractivity contribution is -0.150. The third-order valence-corrected chi connectivity index (χ3v) is 5.86. The van der Waals surface area contributed by atoms with Gasteiger partial charge in [-0.2, -0.15) is 0 Å². The summed E-state index contributed by atoms with van der Waals surface area (Å²) >= 11 is 0. The Morgan fingerprint density at radius 3 is 2.17 bits per heavy atom. The van der Waals surface area contributed by atoms with Crippen molar-refractivity contribution in [2.75, 3.05) is 11.5 Å². The summed E-state index contributed by atoms with van der Waals surface area (Å²) in [7, 11) is -2.97. The molecule has 1 N–H and O–H groups in total. The van der Waals surface area contributed by atoms with Crippen molar-refractivity contribution in [1.82, 2.24) is 0 Å². The molecule has 0 radical (unpaired) electrons. The standard InChI is InChI=1S/C13H24O4S/c1-2-18(16,17)11-7-10-13(12(14)15)8-5-3-4-6-9-13/h2-11H2,1H3,(H,14,15). The van der Waals surface area contributed by atoms with Crippen LogP contribution >= 0.6 is 0 Å². The lowest BCUT2D eigenvalue weighted by Crippen LogP contribution is -2.31. The molecule has 1 aliphatic rings. The molecule has 0 amide bonds. The van der Waals surface area contributed by atoms with Gasteiger partial charge in [0.25, 0.3) is 0 Å². The average Bonchev–Trinajstić information content (AvgIpc) is 2.55. The Balaban J connectivity index is 2.60. The lowest BCUT2D eigenvalue weighted by Gasteiger charge is -2.27. The van der Waals surface area contributed by atoms with Crippen molar-refractivity contribution in [2.24, 2.45) is 5.41 Å². The Bertz CT molecular complexity index is 364. The van der Waals surface area contributed by atoms with E-state index in [0.717, 1.165) is 25.7 Å². The van der Waals surface area contributed by atoms with Gasteiger partial charge < -0.3 is 5.11 Å². The van der Waals surface area contributed by atoms with E-state index < -0.39 is 21.2 Å². The monoisotopic (exact) mass is 276 g/mol. The maximum atomic E-state index is 11.5. The molecule has 1 rings (SSSR count). The largest absolute Gasteiger partial charge is 0.481 e. The van der Waals surface area contributed by atoms with Crippen LogP contribution in [0.15, 0.2) is 0 Å². The molecule has 0 unspecified atom stereocenters. The van der Waals surface area contributed by atoms with Gasteiger partial charge in [0.05, 0.1) is 11.2 Å². The van der Waals surface area contributed by atoms with Gasteiger partial charge in [0, 0.05) is 5.75 Å². The summed E-state index contributed by atoms with van der Waals surface area (Å²) in [6, 6.07) is 0. The number of carbonyl (C=O) groups is 1. The summed E-state index contributed by atoms with van der Waals surface area (Å²) in [6.45, 7) is 1.63. The van der Waals surface area contributed by atoms with Gasteiger partial charge in [0.15, 0.2) is 0 Å². The maximum Gasteiger partial charge on any atom is 0.309 e. The summed E-state index contributed by atoms with van der Waals surface area (Å²) in [4.78, 5) is 11.5. The highest BCUT2D eigenvalue weighted by atomic mass is 32.2. The molecular weight excluding hydrogens is 252 g/mol. The van der Waals surface area contributed by atoms with Gasteiger partial charge in [-0.25, -0.2) is 8.42 Å². The SMILES string of the molecule is CCS(=O)(=O)CCCC1(C(=O)O)CCCCCC1. The highest BCUT2D eigenvalue weighted by molar-refractivity contribution is 7.91. The molecule has 1 saturated carbocycles. The van der Waals surface area contributed by atoms with Gasteiger partial charge >= 0.3 is 5.97 Å². The molecule has 0 aromatic heterocycles. The molecule has 4 nitrogen and oxygen atoms in total. The molecule has 0 aromatic rings. The maximum absolute atomic E-state index is 11.5. The second-order valence-corrected chi connectivity index (χ2v) is 7.81. The molecule has 5 heteroatoms. The quantitative estimate of drug-likeness (QED) is 0.757. The molecule has 1 fully saturated rings. The van der Waals surface area contributed by atoms with Crippen LogP contribution in [-0.4, -0.2) is 31.0 Å². The Hall–Kier alpha value is -0.580. The molecular formula is C13H24O4S. The predicted octanol–water partition coefficient (Wildman–Crippen LogP) is 2.63. The van der Waals surface area contributed by atoms with Crippen LogP contribution in [0.2, 0.25) is 0 Å². The van der Waals surface area contributed by atoms with E-state index in [1.165, 1.54) is 0 Å². The minimum absolute atomic E-state index is 0.124. The fraction of sp³-hybridized carbons (Fsp3) is 0.923. The van der Waals surface area contributed by atoms with Crippen LogP contribution in [0, 0.1) is 5.41 Å². The normalized spacial score (nSPS) is 20.3. The van der Waals surface area contributed by atoms with E-state index in [1.54, 1.807) is 6.92 Å². The van der Waals surface area contributed by atoms with Crippen molar-refractivity contribution in [3.63, 3.8) is 0 Å². The number of hydrogen-bond donors (Lipinski definition) is 1. The number of carboxylic acids is 1. The smallest absolute Gasteiger partial charge is 0.309 e. The zero-order chi connectivity index (χ0) is 13.6. The molecule has 0 aromatic carbocycles. The third-order valence-electron chi connectivity index (χ3n) is 4.06. The summed E-state index contributed by atoms with van der Waals surface area (Å²) in [5.41, 5.74) is -0.667. The molecule has 0 atom stereocenters. The number of rotatable bonds is 6. The molecule has 0 bridgehead atoms. The van der Waals surface area contributed by atoms with Crippen LogP contribution in [0.1, 0.15) is 58.3 Å². The number of aliphatic carboxylic acids is 1. The molecule has 0 spiro atoms. The van der Waals surface area contributed by atoms with E-state index in [-0.39, 0.29) is 11.5 Å². The third kappa shape index (κ3) is 4.26. The van der Waals surface area contributed by atoms with Gasteiger partial charge in [-0.05, 0) is 25.7 Å². The second-order valence-electron chi connectivity index (χ2n) is 5.34. The molecule has 1 aliphatic carbocycles. The van der Waals surface area contributed by atoms with Gasteiger partial charge in [-0.15, -0.1) is 0 Å². The van der Waals surface area contributed by atoms with Crippen molar-refractivity contribution in [2.45, 2.75) is 58.3 Å². The summed E-state index contributed by atoms with van der Waals surface area (Å²) in [5, 5.41) is 9.45. The highest BCUT2D eigenvalue weighted by Gasteiger charge is 2.38. The lowest BCUT2D eigenvalue weighted by atomic mass is 9.77. The Kier molecular flexibility index (Phi) is 5.63. The van der Waals surface area contributed by atoms with E-state index in [9.17, 15) is 18.3 Å². The first-order valence-electron chi connectivity index (χ1n) is 6.86. The van der Waals surface area contributed by atoms with E-state index in [0.29, 0.717) is 25.7 Å². The molecule has 106 valence electrons. The van der Waals surface area contributed by atoms with Crippen LogP contribution in [0.3, 0.4) is 0 Å². The van der Waals surface area contributed by atoms with Crippen molar-refractivity contribution >= 4 is 15.8 Å². The minimum atomic E-state index is -2.97. The van der Waals surface area contributed by atoms with Crippen molar-refractivity contribution in [1.29, 1.82) is 0 Å². The van der Waals surface area contributed by atoms with E-state index in [1.807, 2.05) is 0 Å². The van der Waals surface area contributed by atoms with Gasteiger partial charge in [-0.3, -0.25) is 4.79 Å². The fourth-order valence-corrected chi connectivity index (χ4v) is 3.62. The Morgan fingerprint density at radius 1 is 1.17 bits per heavy atom. The molecule has 18 heavy (non-hydrogen) atoms. The zero-order valence-electron chi connectivity index (χ0n) is 11.2. The average molecular weight is 276 g/mol. The Labute approximate surface area is 110 Å². The fourth-order valence-electron chi connectivity index (χ4n) is 2.75. The van der Waals surface area contributed by atoms with Gasteiger partial charge in [0.2, 0.25) is 0 Å². The number of sulfone groups is 1. The zero-order valence-corrected chi connectivity index (χ0v) is 12.0. The van der Waals surface area contributed by atoms with Crippen molar-refractivity contribution < 1.29 is 18.3 Å². The molecule has 0 heterocycles. The first-order chi connectivity index (χ1) is 8.42. The highest BCUT2D eigenvalue weighted by Crippen LogP contribution is 2.39. The number of hydrogen-bond acceptors (Lipinski definition) is 3. The summed E-state index contributed by atoms with van der Waals surface area (Å²) in [5.74, 6) is -0.468. The molecule has 0 saturated heterocycles. The number of carboxylic acid groups (broad SMARTS) is 1. The van der Waals surface area contributed by atoms with Gasteiger partial charge in [0.1, 0.15) is 9.84 Å². The van der Waals surface area contributed by atoms with Crippen molar-refractivity contribution in [3.8, 4) is 0 Å². The van der Waals surface area contributed by atoms with Crippen LogP contribution in [0.4, 0.5) is 0 Å². The molecule has 0 aliphatic heterocycles. The van der Waals surface area contributed by atoms with Crippen molar-refractivity contribution in [3.05, 3.63) is 0 Å². The Morgan fingerprint density at radius 2 is 1.72 bits per heavy atom. The summed E-state index contributed by atoms with van der Waals surface area (Å²) in [6.07, 6.45) is 6.48. The second kappa shape index (κ2) is 6.55. The van der Waals surface area contributed by atoms with Crippen LogP contribution < -0.4 is 0 Å². The van der Waals surface area contributed by atoms with Crippen LogP contribution in [0.5, 0.6) is 0 Å². The summed E-state index contributed by atoms with van der Waals surface area (Å²) < 4.78 is 22.9. The first kappa shape index (κ1) is 15.5. The van der Waals surface area contributed by atoms with E-state index >= 15 is 0 Å². The predicted molar refractivity (Wildman–Crippen MR) is 71.3 cm³/mol.